The Kier molecular flexibility index (Phi) is 7.03. The number of nitrogens with one attached hydrogen (secondary N) is 2. The number of piperazine rings is 1. The lowest BCUT2D eigenvalue weighted by atomic mass is 10.00. The molecule has 2 aliphatic heterocycles. The van der Waals surface area contributed by atoms with Gasteiger partial charge < -0.3 is 20.4 Å². The average molecular weight is 500 g/mol. The van der Waals surface area contributed by atoms with Crippen molar-refractivity contribution in [2.75, 3.05) is 62.4 Å². The van der Waals surface area contributed by atoms with Gasteiger partial charge in [-0.1, -0.05) is 30.3 Å². The van der Waals surface area contributed by atoms with Gasteiger partial charge in [-0.15, -0.1) is 0 Å². The summed E-state index contributed by atoms with van der Waals surface area (Å²) in [6, 6.07) is 21.4. The lowest BCUT2D eigenvalue weighted by molar-refractivity contribution is -0.119. The minimum Gasteiger partial charge on any atom is -0.354 e. The fourth-order valence-electron chi connectivity index (χ4n) is 4.64. The van der Waals surface area contributed by atoms with Crippen molar-refractivity contribution in [1.29, 1.82) is 0 Å². The van der Waals surface area contributed by atoms with Crippen LogP contribution in [0.15, 0.2) is 72.8 Å². The molecule has 190 valence electrons. The summed E-state index contributed by atoms with van der Waals surface area (Å²) < 4.78 is 13.8. The molecule has 0 bridgehead atoms. The number of nitrogens with zero attached hydrogens (tertiary/aromatic N) is 3. The normalized spacial score (nSPS) is 17.2. The van der Waals surface area contributed by atoms with Crippen LogP contribution in [0, 0.1) is 5.82 Å². The molecule has 0 atom stereocenters. The first kappa shape index (κ1) is 24.7. The van der Waals surface area contributed by atoms with Gasteiger partial charge in [-0.05, 0) is 55.1 Å². The standard InChI is InChI=1S/C29H30FN5O2/c1-33-14-16-35(17-15-33)19-26(36)34(2)23-11-9-22(10-12-23)31-28(20-6-4-3-5-7-20)27-24-13-8-21(30)18-25(24)32-29(27)37/h3-13,18,31H,14-17,19H2,1-2H3,(H,32,37). The Morgan fingerprint density at radius 1 is 1.00 bits per heavy atom. The van der Waals surface area contributed by atoms with Crippen LogP contribution in [0.25, 0.3) is 11.3 Å². The van der Waals surface area contributed by atoms with Crippen molar-refractivity contribution in [1.82, 2.24) is 9.80 Å². The molecule has 7 nitrogen and oxygen atoms in total. The monoisotopic (exact) mass is 499 g/mol. The molecule has 0 aromatic heterocycles. The highest BCUT2D eigenvalue weighted by Crippen LogP contribution is 2.38. The number of carbonyl (C=O) groups is 2. The maximum Gasteiger partial charge on any atom is 0.258 e. The number of hydrogen-bond acceptors (Lipinski definition) is 5. The third kappa shape index (κ3) is 5.40. The van der Waals surface area contributed by atoms with Crippen molar-refractivity contribution >= 4 is 40.1 Å². The van der Waals surface area contributed by atoms with E-state index < -0.39 is 5.82 Å². The van der Waals surface area contributed by atoms with Crippen molar-refractivity contribution in [2.24, 2.45) is 0 Å². The highest BCUT2D eigenvalue weighted by atomic mass is 19.1. The van der Waals surface area contributed by atoms with Gasteiger partial charge in [-0.3, -0.25) is 14.5 Å². The molecule has 0 spiro atoms. The van der Waals surface area contributed by atoms with Crippen molar-refractivity contribution in [3.05, 3.63) is 89.7 Å². The number of fused-ring (bicyclic) bond motifs is 1. The Labute approximate surface area is 216 Å². The van der Waals surface area contributed by atoms with Crippen molar-refractivity contribution in [3.8, 4) is 0 Å². The van der Waals surface area contributed by atoms with Gasteiger partial charge in [0.25, 0.3) is 5.91 Å². The van der Waals surface area contributed by atoms with Crippen molar-refractivity contribution in [2.45, 2.75) is 0 Å². The number of hydrogen-bond donors (Lipinski definition) is 2. The summed E-state index contributed by atoms with van der Waals surface area (Å²) in [5, 5.41) is 6.17. The van der Waals surface area contributed by atoms with Gasteiger partial charge >= 0.3 is 0 Å². The van der Waals surface area contributed by atoms with E-state index in [-0.39, 0.29) is 11.8 Å². The Hall–Kier alpha value is -4.01. The summed E-state index contributed by atoms with van der Waals surface area (Å²) in [7, 11) is 3.88. The van der Waals surface area contributed by atoms with Gasteiger partial charge in [-0.25, -0.2) is 4.39 Å². The van der Waals surface area contributed by atoms with Crippen LogP contribution in [0.3, 0.4) is 0 Å². The SMILES string of the molecule is CN1CCN(CC(=O)N(C)c2ccc(NC(=C3C(=O)Nc4cc(F)ccc43)c3ccccc3)cc2)CC1. The van der Waals surface area contributed by atoms with Crippen LogP contribution in [-0.4, -0.2) is 68.4 Å². The van der Waals surface area contributed by atoms with E-state index in [1.807, 2.05) is 54.6 Å². The predicted octanol–water partition coefficient (Wildman–Crippen LogP) is 3.97. The molecule has 8 heteroatoms. The topological polar surface area (TPSA) is 67.9 Å². The molecule has 2 heterocycles. The number of carbonyl (C=O) groups excluding carboxylic acids is 2. The minimum atomic E-state index is -0.406. The number of benzene rings is 3. The summed E-state index contributed by atoms with van der Waals surface area (Å²) in [5.41, 5.74) is 4.54. The predicted molar refractivity (Wildman–Crippen MR) is 146 cm³/mol. The molecule has 1 fully saturated rings. The highest BCUT2D eigenvalue weighted by Gasteiger charge is 2.29. The molecule has 37 heavy (non-hydrogen) atoms. The van der Waals surface area contributed by atoms with Gasteiger partial charge in [0.15, 0.2) is 0 Å². The lowest BCUT2D eigenvalue weighted by Gasteiger charge is -2.32. The first-order chi connectivity index (χ1) is 17.9. The zero-order chi connectivity index (χ0) is 25.9. The van der Waals surface area contributed by atoms with Gasteiger partial charge in [0.1, 0.15) is 5.82 Å². The Morgan fingerprint density at radius 3 is 2.41 bits per heavy atom. The summed E-state index contributed by atoms with van der Waals surface area (Å²) in [6.07, 6.45) is 0. The first-order valence-electron chi connectivity index (χ1n) is 12.3. The van der Waals surface area contributed by atoms with Crippen LogP contribution in [0.5, 0.6) is 0 Å². The van der Waals surface area contributed by atoms with Crippen LogP contribution in [0.2, 0.25) is 0 Å². The lowest BCUT2D eigenvalue weighted by Crippen LogP contribution is -2.48. The van der Waals surface area contributed by atoms with E-state index in [1.165, 1.54) is 12.1 Å². The van der Waals surface area contributed by atoms with E-state index in [9.17, 15) is 14.0 Å². The van der Waals surface area contributed by atoms with Crippen LogP contribution >= 0.6 is 0 Å². The summed E-state index contributed by atoms with van der Waals surface area (Å²) in [6.45, 7) is 4.10. The molecule has 2 aliphatic rings. The molecule has 2 N–H and O–H groups in total. The van der Waals surface area contributed by atoms with E-state index in [1.54, 1.807) is 18.0 Å². The third-order valence-electron chi connectivity index (χ3n) is 6.89. The van der Waals surface area contributed by atoms with Crippen LogP contribution in [0.1, 0.15) is 11.1 Å². The fourth-order valence-corrected chi connectivity index (χ4v) is 4.64. The molecule has 1 saturated heterocycles. The summed E-state index contributed by atoms with van der Waals surface area (Å²) in [4.78, 5) is 32.0. The second-order valence-corrected chi connectivity index (χ2v) is 9.46. The highest BCUT2D eigenvalue weighted by molar-refractivity contribution is 6.37. The second-order valence-electron chi connectivity index (χ2n) is 9.46. The maximum atomic E-state index is 13.8. The molecule has 0 unspecified atom stereocenters. The number of halogens is 1. The molecule has 2 amide bonds. The quantitative estimate of drug-likeness (QED) is 0.503. The van der Waals surface area contributed by atoms with Crippen molar-refractivity contribution in [3.63, 3.8) is 0 Å². The van der Waals surface area contributed by atoms with E-state index in [4.69, 9.17) is 0 Å². The second kappa shape index (κ2) is 10.5. The molecular weight excluding hydrogens is 469 g/mol. The van der Waals surface area contributed by atoms with Gasteiger partial charge in [0.05, 0.1) is 23.5 Å². The van der Waals surface area contributed by atoms with E-state index in [2.05, 4.69) is 27.5 Å². The maximum absolute atomic E-state index is 13.8. The van der Waals surface area contributed by atoms with Crippen LogP contribution in [-0.2, 0) is 9.59 Å². The molecule has 0 radical (unpaired) electrons. The smallest absolute Gasteiger partial charge is 0.258 e. The molecule has 3 aromatic rings. The van der Waals surface area contributed by atoms with Crippen LogP contribution < -0.4 is 15.5 Å². The summed E-state index contributed by atoms with van der Waals surface area (Å²) in [5.74, 6) is -0.655. The average Bonchev–Trinajstić information content (AvgIpc) is 3.23. The zero-order valence-electron chi connectivity index (χ0n) is 21.0. The van der Waals surface area contributed by atoms with Gasteiger partial charge in [0, 0.05) is 50.2 Å². The van der Waals surface area contributed by atoms with Crippen molar-refractivity contribution < 1.29 is 14.0 Å². The third-order valence-corrected chi connectivity index (χ3v) is 6.89. The largest absolute Gasteiger partial charge is 0.354 e. The Morgan fingerprint density at radius 2 is 1.70 bits per heavy atom. The number of amides is 2. The molecule has 3 aromatic carbocycles. The summed E-state index contributed by atoms with van der Waals surface area (Å²) >= 11 is 0. The number of likely N-dealkylation sites (N-methyl/N-ethyl adjacent to an activating group) is 2. The minimum absolute atomic E-state index is 0.0452. The molecule has 0 saturated carbocycles. The first-order valence-corrected chi connectivity index (χ1v) is 12.3. The molecule has 5 rings (SSSR count). The fraction of sp³-hybridized carbons (Fsp3) is 0.241. The zero-order valence-corrected chi connectivity index (χ0v) is 21.0. The number of anilines is 3. The van der Waals surface area contributed by atoms with Crippen LogP contribution in [0.4, 0.5) is 21.5 Å². The van der Waals surface area contributed by atoms with Gasteiger partial charge in [-0.2, -0.15) is 0 Å². The molecular formula is C29H30FN5O2. The van der Waals surface area contributed by atoms with E-state index in [0.717, 1.165) is 43.1 Å². The Balaban J connectivity index is 1.38. The Bertz CT molecular complexity index is 1330. The van der Waals surface area contributed by atoms with E-state index >= 15 is 0 Å². The number of rotatable bonds is 6. The van der Waals surface area contributed by atoms with Gasteiger partial charge in [0.2, 0.25) is 5.91 Å². The van der Waals surface area contributed by atoms with E-state index in [0.29, 0.717) is 29.1 Å². The molecule has 0 aliphatic carbocycles.